The monoisotopic (exact) mass is 391 g/mol. The smallest absolute Gasteiger partial charge is 0.123 e. The zero-order valence-electron chi connectivity index (χ0n) is 17.5. The summed E-state index contributed by atoms with van der Waals surface area (Å²) in [5, 5.41) is 10.3. The topological polar surface area (TPSA) is 25.2 Å². The van der Waals surface area contributed by atoms with Gasteiger partial charge in [0, 0.05) is 17.8 Å². The third kappa shape index (κ3) is 4.51. The first-order valence-electron chi connectivity index (χ1n) is 10.3. The fourth-order valence-electron chi connectivity index (χ4n) is 4.19. The van der Waals surface area contributed by atoms with Gasteiger partial charge in [-0.05, 0) is 66.6 Å². The van der Waals surface area contributed by atoms with Gasteiger partial charge in [0.05, 0.1) is 11.8 Å². The highest BCUT2D eigenvalue weighted by molar-refractivity contribution is 5.85. The second kappa shape index (κ2) is 9.23. The zero-order valence-corrected chi connectivity index (χ0v) is 17.5. The molecule has 0 aliphatic heterocycles. The lowest BCUT2D eigenvalue weighted by atomic mass is 9.96. The number of halogens is 1. The van der Waals surface area contributed by atoms with E-state index in [1.54, 1.807) is 6.08 Å². The van der Waals surface area contributed by atoms with E-state index in [4.69, 9.17) is 0 Å². The quantitative estimate of drug-likeness (QED) is 0.424. The minimum Gasteiger partial charge on any atom is -0.393 e. The average molecular weight is 392 g/mol. The van der Waals surface area contributed by atoms with Crippen molar-refractivity contribution in [3.8, 4) is 22.4 Å². The summed E-state index contributed by atoms with van der Waals surface area (Å²) >= 11 is 0. The summed E-state index contributed by atoms with van der Waals surface area (Å²) in [5.41, 5.74) is 6.90. The molecule has 0 fully saturated rings. The van der Waals surface area contributed by atoms with Crippen LogP contribution in [-0.4, -0.2) is 15.8 Å². The van der Waals surface area contributed by atoms with Gasteiger partial charge in [0.2, 0.25) is 0 Å². The van der Waals surface area contributed by atoms with Crippen LogP contribution in [0.5, 0.6) is 0 Å². The van der Waals surface area contributed by atoms with Crippen LogP contribution in [-0.2, 0) is 6.54 Å². The Morgan fingerprint density at radius 3 is 2.28 bits per heavy atom. The van der Waals surface area contributed by atoms with Crippen LogP contribution in [0.1, 0.15) is 43.9 Å². The Morgan fingerprint density at radius 1 is 1.03 bits per heavy atom. The van der Waals surface area contributed by atoms with E-state index in [2.05, 4.69) is 44.0 Å². The van der Waals surface area contributed by atoms with Crippen molar-refractivity contribution >= 4 is 0 Å². The predicted octanol–water partition coefficient (Wildman–Crippen LogP) is 6.72. The zero-order chi connectivity index (χ0) is 21.0. The molecular weight excluding hydrogens is 361 g/mol. The second-order valence-corrected chi connectivity index (χ2v) is 7.88. The molecule has 0 bridgehead atoms. The van der Waals surface area contributed by atoms with Crippen molar-refractivity contribution in [2.75, 3.05) is 0 Å². The van der Waals surface area contributed by atoms with Crippen LogP contribution in [0.25, 0.3) is 22.4 Å². The first kappa shape index (κ1) is 21.1. The number of hydrogen-bond acceptors (Lipinski definition) is 1. The number of aliphatic hydroxyl groups is 1. The molecule has 2 nitrogen and oxygen atoms in total. The maximum atomic E-state index is 13.6. The molecule has 152 valence electrons. The lowest BCUT2D eigenvalue weighted by Crippen LogP contribution is -2.13. The van der Waals surface area contributed by atoms with Gasteiger partial charge < -0.3 is 9.67 Å². The number of aromatic nitrogens is 1. The summed E-state index contributed by atoms with van der Waals surface area (Å²) in [6.07, 6.45) is 2.55. The summed E-state index contributed by atoms with van der Waals surface area (Å²) < 4.78 is 15.9. The van der Waals surface area contributed by atoms with Gasteiger partial charge in [-0.15, -0.1) is 6.58 Å². The lowest BCUT2D eigenvalue weighted by Gasteiger charge is -2.18. The summed E-state index contributed by atoms with van der Waals surface area (Å²) in [5.74, 6) is 0.0820. The molecule has 0 saturated carbocycles. The van der Waals surface area contributed by atoms with Gasteiger partial charge in [0.1, 0.15) is 5.82 Å². The number of nitrogens with zero attached hydrogens (tertiary/aromatic N) is 1. The van der Waals surface area contributed by atoms with Crippen LogP contribution < -0.4 is 0 Å². The molecule has 1 atom stereocenters. The molecule has 1 N–H and O–H groups in total. The summed E-state index contributed by atoms with van der Waals surface area (Å²) in [4.78, 5) is 0. The predicted molar refractivity (Wildman–Crippen MR) is 120 cm³/mol. The van der Waals surface area contributed by atoms with Gasteiger partial charge in [-0.25, -0.2) is 4.39 Å². The highest BCUT2D eigenvalue weighted by atomic mass is 19.1. The maximum absolute atomic E-state index is 13.6. The fourth-order valence-corrected chi connectivity index (χ4v) is 4.19. The molecule has 0 radical (unpaired) electrons. The molecule has 0 amide bonds. The van der Waals surface area contributed by atoms with Crippen LogP contribution in [0.3, 0.4) is 0 Å². The fraction of sp³-hybridized carbons (Fsp3) is 0.308. The molecule has 29 heavy (non-hydrogen) atoms. The number of aliphatic hydroxyl groups excluding tert-OH is 1. The van der Waals surface area contributed by atoms with Crippen molar-refractivity contribution in [1.82, 2.24) is 4.57 Å². The Hall–Kier alpha value is -2.65. The van der Waals surface area contributed by atoms with Crippen molar-refractivity contribution in [1.29, 1.82) is 0 Å². The van der Waals surface area contributed by atoms with Crippen LogP contribution in [0.15, 0.2) is 67.3 Å². The van der Waals surface area contributed by atoms with Gasteiger partial charge in [0.15, 0.2) is 0 Å². The standard InChI is InChI=1S/C26H30FNO/c1-5-9-23(29)16-17-28-25(18(2)3)19(4)24(20-10-7-6-8-11-20)26(28)21-12-14-22(27)15-13-21/h5-8,10-15,18,23,29H,1,9,16-17H2,2-4H3/t23-/m0/s1. The minimum atomic E-state index is -0.420. The molecule has 0 saturated heterocycles. The normalized spacial score (nSPS) is 12.3. The minimum absolute atomic E-state index is 0.240. The number of benzene rings is 2. The average Bonchev–Trinajstić information content (AvgIpc) is 3.00. The van der Waals surface area contributed by atoms with E-state index in [-0.39, 0.29) is 5.82 Å². The summed E-state index contributed by atoms with van der Waals surface area (Å²) in [6, 6.07) is 17.1. The van der Waals surface area contributed by atoms with Crippen LogP contribution in [0.2, 0.25) is 0 Å². The van der Waals surface area contributed by atoms with Gasteiger partial charge >= 0.3 is 0 Å². The van der Waals surface area contributed by atoms with E-state index < -0.39 is 6.10 Å². The highest BCUT2D eigenvalue weighted by Crippen LogP contribution is 2.41. The lowest BCUT2D eigenvalue weighted by molar-refractivity contribution is 0.161. The maximum Gasteiger partial charge on any atom is 0.123 e. The first-order valence-corrected chi connectivity index (χ1v) is 10.3. The molecule has 1 heterocycles. The third-order valence-electron chi connectivity index (χ3n) is 5.41. The molecule has 0 aliphatic carbocycles. The van der Waals surface area contributed by atoms with Crippen LogP contribution >= 0.6 is 0 Å². The van der Waals surface area contributed by atoms with Gasteiger partial charge in [-0.2, -0.15) is 0 Å². The molecule has 3 rings (SSSR count). The SMILES string of the molecule is C=CC[C@H](O)CCn1c(-c2ccc(F)cc2)c(-c2ccccc2)c(C)c1C(C)C. The van der Waals surface area contributed by atoms with Crippen molar-refractivity contribution in [2.45, 2.75) is 52.2 Å². The van der Waals surface area contributed by atoms with Crippen molar-refractivity contribution in [3.05, 3.63) is 84.3 Å². The first-order chi connectivity index (χ1) is 13.9. The van der Waals surface area contributed by atoms with E-state index in [1.807, 2.05) is 30.3 Å². The van der Waals surface area contributed by atoms with Crippen molar-refractivity contribution in [3.63, 3.8) is 0 Å². The Labute approximate surface area is 173 Å². The number of hydrogen-bond donors (Lipinski definition) is 1. The molecule has 2 aromatic carbocycles. The van der Waals surface area contributed by atoms with Gasteiger partial charge in [0.25, 0.3) is 0 Å². The van der Waals surface area contributed by atoms with Crippen molar-refractivity contribution < 1.29 is 9.50 Å². The molecule has 3 heteroatoms. The van der Waals surface area contributed by atoms with E-state index in [0.717, 1.165) is 16.8 Å². The highest BCUT2D eigenvalue weighted by Gasteiger charge is 2.24. The largest absolute Gasteiger partial charge is 0.393 e. The molecular formula is C26H30FNO. The van der Waals surface area contributed by atoms with E-state index in [1.165, 1.54) is 29.0 Å². The molecule has 0 unspecified atom stereocenters. The van der Waals surface area contributed by atoms with Gasteiger partial charge in [-0.3, -0.25) is 0 Å². The Balaban J connectivity index is 2.23. The Kier molecular flexibility index (Phi) is 6.71. The van der Waals surface area contributed by atoms with Crippen LogP contribution in [0.4, 0.5) is 4.39 Å². The van der Waals surface area contributed by atoms with E-state index in [9.17, 15) is 9.50 Å². The molecule has 1 aromatic heterocycles. The van der Waals surface area contributed by atoms with Gasteiger partial charge in [-0.1, -0.05) is 50.3 Å². The molecule has 0 aliphatic rings. The van der Waals surface area contributed by atoms with E-state index in [0.29, 0.717) is 25.3 Å². The third-order valence-corrected chi connectivity index (χ3v) is 5.41. The molecule has 3 aromatic rings. The summed E-state index contributed by atoms with van der Waals surface area (Å²) in [7, 11) is 0. The summed E-state index contributed by atoms with van der Waals surface area (Å²) in [6.45, 7) is 11.0. The van der Waals surface area contributed by atoms with Crippen molar-refractivity contribution in [2.24, 2.45) is 0 Å². The number of rotatable bonds is 8. The van der Waals surface area contributed by atoms with Crippen LogP contribution in [0, 0.1) is 12.7 Å². The second-order valence-electron chi connectivity index (χ2n) is 7.88. The Morgan fingerprint density at radius 2 is 1.69 bits per heavy atom. The Bertz CT molecular complexity index is 955. The van der Waals surface area contributed by atoms with E-state index >= 15 is 0 Å². The molecule has 0 spiro atoms.